The number of hydrogen-bond acceptors (Lipinski definition) is 2. The molecule has 0 aliphatic carbocycles. The molecule has 1 N–H and O–H groups in total. The van der Waals surface area contributed by atoms with Gasteiger partial charge in [0.15, 0.2) is 0 Å². The minimum absolute atomic E-state index is 0.0276. The topological polar surface area (TPSA) is 29.1 Å². The smallest absolute Gasteiger partial charge is 0.234 e. The van der Waals surface area contributed by atoms with E-state index in [1.165, 1.54) is 5.56 Å². The number of amides is 1. The molecule has 2 aromatic carbocycles. The van der Waals surface area contributed by atoms with Gasteiger partial charge in [0.1, 0.15) is 0 Å². The number of hydrogen-bond donors (Lipinski definition) is 1. The minimum Gasteiger partial charge on any atom is -0.325 e. The van der Waals surface area contributed by atoms with Crippen molar-refractivity contribution in [2.24, 2.45) is 0 Å². The molecule has 0 fully saturated rings. The molecule has 0 spiro atoms. The van der Waals surface area contributed by atoms with Crippen molar-refractivity contribution < 1.29 is 4.79 Å². The van der Waals surface area contributed by atoms with Crippen molar-refractivity contribution in [1.82, 2.24) is 0 Å². The van der Waals surface area contributed by atoms with Gasteiger partial charge in [-0.1, -0.05) is 44.2 Å². The van der Waals surface area contributed by atoms with E-state index >= 15 is 0 Å². The highest BCUT2D eigenvalue weighted by Crippen LogP contribution is 2.20. The number of thioether (sulfide) groups is 1. The summed E-state index contributed by atoms with van der Waals surface area (Å²) in [7, 11) is 0. The van der Waals surface area contributed by atoms with E-state index in [0.717, 1.165) is 10.6 Å². The van der Waals surface area contributed by atoms with Crippen molar-refractivity contribution in [3.05, 3.63) is 60.2 Å². The summed E-state index contributed by atoms with van der Waals surface area (Å²) >= 11 is 1.55. The van der Waals surface area contributed by atoms with Crippen LogP contribution in [0, 0.1) is 0 Å². The third-order valence-electron chi connectivity index (χ3n) is 2.95. The second kappa shape index (κ2) is 7.15. The van der Waals surface area contributed by atoms with Crippen LogP contribution in [0.5, 0.6) is 0 Å². The van der Waals surface area contributed by atoms with Gasteiger partial charge in [-0.3, -0.25) is 4.79 Å². The molecular formula is C17H19NOS. The molecule has 2 nitrogen and oxygen atoms in total. The maximum absolute atomic E-state index is 11.9. The van der Waals surface area contributed by atoms with Crippen LogP contribution in [0.4, 0.5) is 5.69 Å². The summed E-state index contributed by atoms with van der Waals surface area (Å²) in [6.45, 7) is 4.29. The Hall–Kier alpha value is -1.74. The Labute approximate surface area is 124 Å². The van der Waals surface area contributed by atoms with Gasteiger partial charge in [0.25, 0.3) is 0 Å². The lowest BCUT2D eigenvalue weighted by molar-refractivity contribution is -0.113. The van der Waals surface area contributed by atoms with Gasteiger partial charge in [0.05, 0.1) is 5.75 Å². The molecule has 2 aromatic rings. The molecule has 0 atom stereocenters. The Kier molecular flexibility index (Phi) is 5.24. The van der Waals surface area contributed by atoms with E-state index in [1.807, 2.05) is 48.5 Å². The van der Waals surface area contributed by atoms with Crippen molar-refractivity contribution in [3.8, 4) is 0 Å². The third kappa shape index (κ3) is 4.42. The molecular weight excluding hydrogens is 266 g/mol. The fraction of sp³-hybridized carbons (Fsp3) is 0.235. The predicted octanol–water partition coefficient (Wildman–Crippen LogP) is 4.54. The van der Waals surface area contributed by atoms with Crippen LogP contribution in [0.25, 0.3) is 0 Å². The van der Waals surface area contributed by atoms with Crippen LogP contribution in [0.15, 0.2) is 59.5 Å². The molecule has 20 heavy (non-hydrogen) atoms. The lowest BCUT2D eigenvalue weighted by Gasteiger charge is -2.09. The number of rotatable bonds is 5. The number of anilines is 1. The van der Waals surface area contributed by atoms with Crippen molar-refractivity contribution in [1.29, 1.82) is 0 Å². The van der Waals surface area contributed by atoms with Crippen LogP contribution >= 0.6 is 11.8 Å². The Morgan fingerprint density at radius 3 is 2.55 bits per heavy atom. The van der Waals surface area contributed by atoms with E-state index in [4.69, 9.17) is 0 Å². The maximum atomic E-state index is 11.9. The van der Waals surface area contributed by atoms with E-state index in [9.17, 15) is 4.79 Å². The number of carbonyl (C=O) groups is 1. The summed E-state index contributed by atoms with van der Waals surface area (Å²) in [6, 6.07) is 18.0. The summed E-state index contributed by atoms with van der Waals surface area (Å²) in [5.74, 6) is 0.918. The van der Waals surface area contributed by atoms with Crippen LogP contribution in [-0.2, 0) is 4.79 Å². The van der Waals surface area contributed by atoms with Gasteiger partial charge in [-0.2, -0.15) is 0 Å². The quantitative estimate of drug-likeness (QED) is 0.817. The molecule has 3 heteroatoms. The van der Waals surface area contributed by atoms with Gasteiger partial charge in [0.2, 0.25) is 5.91 Å². The molecule has 2 rings (SSSR count). The van der Waals surface area contributed by atoms with Gasteiger partial charge in [-0.25, -0.2) is 0 Å². The van der Waals surface area contributed by atoms with E-state index < -0.39 is 0 Å². The van der Waals surface area contributed by atoms with Crippen LogP contribution in [0.3, 0.4) is 0 Å². The summed E-state index contributed by atoms with van der Waals surface area (Å²) in [5.41, 5.74) is 2.10. The van der Waals surface area contributed by atoms with E-state index in [2.05, 4.69) is 25.2 Å². The van der Waals surface area contributed by atoms with Crippen LogP contribution in [-0.4, -0.2) is 11.7 Å². The van der Waals surface area contributed by atoms with Crippen molar-refractivity contribution in [2.75, 3.05) is 11.1 Å². The zero-order chi connectivity index (χ0) is 14.4. The second-order valence-corrected chi connectivity index (χ2v) is 5.98. The third-order valence-corrected chi connectivity index (χ3v) is 3.96. The number of benzene rings is 2. The van der Waals surface area contributed by atoms with Gasteiger partial charge in [-0.15, -0.1) is 11.8 Å². The standard InChI is InChI=1S/C17H19NOS/c1-13(2)14-7-6-8-15(11-14)18-17(19)12-20-16-9-4-3-5-10-16/h3-11,13H,12H2,1-2H3,(H,18,19). The number of carbonyl (C=O) groups excluding carboxylic acids is 1. The fourth-order valence-corrected chi connectivity index (χ4v) is 2.56. The Bertz CT molecular complexity index is 566. The summed E-state index contributed by atoms with van der Waals surface area (Å²) in [5, 5.41) is 2.95. The lowest BCUT2D eigenvalue weighted by Crippen LogP contribution is -2.14. The summed E-state index contributed by atoms with van der Waals surface area (Å²) in [4.78, 5) is 13.0. The molecule has 104 valence electrons. The predicted molar refractivity (Wildman–Crippen MR) is 86.3 cm³/mol. The highest BCUT2D eigenvalue weighted by Gasteiger charge is 2.05. The monoisotopic (exact) mass is 285 g/mol. The molecule has 0 aromatic heterocycles. The maximum Gasteiger partial charge on any atom is 0.234 e. The highest BCUT2D eigenvalue weighted by molar-refractivity contribution is 8.00. The SMILES string of the molecule is CC(C)c1cccc(NC(=O)CSc2ccccc2)c1. The second-order valence-electron chi connectivity index (χ2n) is 4.93. The molecule has 0 unspecified atom stereocenters. The normalized spacial score (nSPS) is 10.6. The first-order valence-corrected chi connectivity index (χ1v) is 7.71. The van der Waals surface area contributed by atoms with Crippen LogP contribution in [0.1, 0.15) is 25.3 Å². The average Bonchev–Trinajstić information content (AvgIpc) is 2.46. The molecule has 0 aliphatic rings. The van der Waals surface area contributed by atoms with E-state index in [1.54, 1.807) is 11.8 Å². The molecule has 0 radical (unpaired) electrons. The van der Waals surface area contributed by atoms with Crippen molar-refractivity contribution >= 4 is 23.4 Å². The lowest BCUT2D eigenvalue weighted by atomic mass is 10.0. The van der Waals surface area contributed by atoms with E-state index in [0.29, 0.717) is 11.7 Å². The zero-order valence-corrected chi connectivity index (χ0v) is 12.6. The zero-order valence-electron chi connectivity index (χ0n) is 11.8. The Balaban J connectivity index is 1.90. The molecule has 0 bridgehead atoms. The average molecular weight is 285 g/mol. The van der Waals surface area contributed by atoms with Crippen molar-refractivity contribution in [3.63, 3.8) is 0 Å². The first-order chi connectivity index (χ1) is 9.65. The van der Waals surface area contributed by atoms with Gasteiger partial charge < -0.3 is 5.32 Å². The highest BCUT2D eigenvalue weighted by atomic mass is 32.2. The number of nitrogens with one attached hydrogen (secondary N) is 1. The Morgan fingerprint density at radius 1 is 1.10 bits per heavy atom. The first kappa shape index (κ1) is 14.7. The summed E-state index contributed by atoms with van der Waals surface area (Å²) in [6.07, 6.45) is 0. The van der Waals surface area contributed by atoms with Gasteiger partial charge in [-0.05, 0) is 35.7 Å². The molecule has 1 amide bonds. The molecule has 0 saturated heterocycles. The van der Waals surface area contributed by atoms with Crippen LogP contribution < -0.4 is 5.32 Å². The summed E-state index contributed by atoms with van der Waals surface area (Å²) < 4.78 is 0. The minimum atomic E-state index is 0.0276. The first-order valence-electron chi connectivity index (χ1n) is 6.73. The van der Waals surface area contributed by atoms with Crippen molar-refractivity contribution in [2.45, 2.75) is 24.7 Å². The fourth-order valence-electron chi connectivity index (χ4n) is 1.84. The van der Waals surface area contributed by atoms with E-state index in [-0.39, 0.29) is 5.91 Å². The molecule has 0 heterocycles. The Morgan fingerprint density at radius 2 is 1.85 bits per heavy atom. The van der Waals surface area contributed by atoms with Crippen LogP contribution in [0.2, 0.25) is 0 Å². The molecule has 0 aliphatic heterocycles. The van der Waals surface area contributed by atoms with Gasteiger partial charge in [0, 0.05) is 10.6 Å². The largest absolute Gasteiger partial charge is 0.325 e. The molecule has 0 saturated carbocycles. The van der Waals surface area contributed by atoms with Gasteiger partial charge >= 0.3 is 0 Å².